The average Bonchev–Trinajstić information content (AvgIpc) is 2.84. The maximum atomic E-state index is 11.8. The quantitative estimate of drug-likeness (QED) is 0.432. The summed E-state index contributed by atoms with van der Waals surface area (Å²) in [5.74, 6) is 0.525. The highest BCUT2D eigenvalue weighted by atomic mass is 16.7. The minimum Gasteiger partial charge on any atom is -0.468 e. The van der Waals surface area contributed by atoms with Gasteiger partial charge in [-0.15, -0.1) is 0 Å². The van der Waals surface area contributed by atoms with E-state index in [0.29, 0.717) is 23.4 Å². The first-order valence-corrected chi connectivity index (χ1v) is 9.55. The lowest BCUT2D eigenvalue weighted by Gasteiger charge is -2.32. The van der Waals surface area contributed by atoms with Crippen molar-refractivity contribution in [2.75, 3.05) is 13.4 Å². The van der Waals surface area contributed by atoms with E-state index in [-0.39, 0.29) is 13.1 Å². The van der Waals surface area contributed by atoms with Crippen LogP contribution in [-0.4, -0.2) is 44.3 Å². The molecule has 1 unspecified atom stereocenters. The molecule has 0 aliphatic carbocycles. The van der Waals surface area contributed by atoms with Gasteiger partial charge >= 0.3 is 7.12 Å². The van der Waals surface area contributed by atoms with Crippen molar-refractivity contribution in [1.29, 1.82) is 0 Å². The van der Waals surface area contributed by atoms with Gasteiger partial charge in [-0.2, -0.15) is 0 Å². The Hall–Kier alpha value is -1.41. The molecular formula is C20H29BO6. The summed E-state index contributed by atoms with van der Waals surface area (Å²) in [7, 11) is -0.684. The molecule has 7 heteroatoms. The molecule has 1 aromatic rings. The maximum Gasteiger partial charge on any atom is 0.499 e. The molecule has 2 aliphatic rings. The lowest BCUT2D eigenvalue weighted by Crippen LogP contribution is -2.41. The molecule has 0 radical (unpaired) electrons. The Labute approximate surface area is 161 Å². The predicted molar refractivity (Wildman–Crippen MR) is 102 cm³/mol. The SMILES string of the molecule is Cc1ccc(OCOC2CCCCO2)c(B2OC(C)(C)C(C)(C)O2)c1C=O. The Bertz CT molecular complexity index is 665. The predicted octanol–water partition coefficient (Wildman–Crippen LogP) is 2.99. The van der Waals surface area contributed by atoms with Crippen molar-refractivity contribution in [2.24, 2.45) is 0 Å². The Morgan fingerprint density at radius 1 is 1.19 bits per heavy atom. The van der Waals surface area contributed by atoms with Gasteiger partial charge in [0, 0.05) is 17.6 Å². The smallest absolute Gasteiger partial charge is 0.468 e. The summed E-state index contributed by atoms with van der Waals surface area (Å²) in [6.07, 6.45) is 3.60. The lowest BCUT2D eigenvalue weighted by atomic mass is 9.74. The summed E-state index contributed by atoms with van der Waals surface area (Å²) in [6, 6.07) is 3.68. The average molecular weight is 376 g/mol. The van der Waals surface area contributed by atoms with Gasteiger partial charge in [0.15, 0.2) is 13.1 Å². The topological polar surface area (TPSA) is 63.2 Å². The molecule has 3 rings (SSSR count). The van der Waals surface area contributed by atoms with Crippen molar-refractivity contribution in [2.45, 2.75) is 71.4 Å². The maximum absolute atomic E-state index is 11.8. The largest absolute Gasteiger partial charge is 0.499 e. The third kappa shape index (κ3) is 4.21. The Morgan fingerprint density at radius 3 is 2.48 bits per heavy atom. The monoisotopic (exact) mass is 376 g/mol. The third-order valence-corrected chi connectivity index (χ3v) is 5.68. The number of benzene rings is 1. The minimum atomic E-state index is -0.684. The van der Waals surface area contributed by atoms with Crippen LogP contribution in [0.2, 0.25) is 0 Å². The Kier molecular flexibility index (Phi) is 5.96. The van der Waals surface area contributed by atoms with Crippen LogP contribution in [0.15, 0.2) is 12.1 Å². The molecule has 148 valence electrons. The van der Waals surface area contributed by atoms with Crippen LogP contribution in [0.3, 0.4) is 0 Å². The fourth-order valence-electron chi connectivity index (χ4n) is 3.23. The molecule has 2 fully saturated rings. The van der Waals surface area contributed by atoms with Crippen LogP contribution in [0.1, 0.15) is 62.9 Å². The van der Waals surface area contributed by atoms with Crippen LogP contribution in [0.5, 0.6) is 5.75 Å². The van der Waals surface area contributed by atoms with Crippen molar-refractivity contribution < 1.29 is 28.3 Å². The molecule has 2 saturated heterocycles. The highest BCUT2D eigenvalue weighted by Crippen LogP contribution is 2.37. The van der Waals surface area contributed by atoms with Crippen LogP contribution in [-0.2, 0) is 18.8 Å². The molecular weight excluding hydrogens is 347 g/mol. The molecule has 6 nitrogen and oxygen atoms in total. The third-order valence-electron chi connectivity index (χ3n) is 5.68. The number of hydrogen-bond acceptors (Lipinski definition) is 6. The lowest BCUT2D eigenvalue weighted by molar-refractivity contribution is -0.190. The zero-order valence-electron chi connectivity index (χ0n) is 16.9. The molecule has 1 atom stereocenters. The first-order chi connectivity index (χ1) is 12.7. The van der Waals surface area contributed by atoms with E-state index in [4.69, 9.17) is 23.5 Å². The van der Waals surface area contributed by atoms with E-state index in [1.807, 2.05) is 46.8 Å². The fraction of sp³-hybridized carbons (Fsp3) is 0.650. The summed E-state index contributed by atoms with van der Waals surface area (Å²) >= 11 is 0. The van der Waals surface area contributed by atoms with E-state index in [1.165, 1.54) is 0 Å². The van der Waals surface area contributed by atoms with Gasteiger partial charge in [-0.1, -0.05) is 6.07 Å². The molecule has 0 spiro atoms. The normalized spacial score (nSPS) is 24.0. The highest BCUT2D eigenvalue weighted by molar-refractivity contribution is 6.64. The van der Waals surface area contributed by atoms with Crippen molar-refractivity contribution in [1.82, 2.24) is 0 Å². The number of ether oxygens (including phenoxy) is 3. The van der Waals surface area contributed by atoms with E-state index < -0.39 is 18.3 Å². The zero-order chi connectivity index (χ0) is 19.7. The van der Waals surface area contributed by atoms with Gasteiger partial charge in [-0.05, 0) is 65.5 Å². The van der Waals surface area contributed by atoms with E-state index in [9.17, 15) is 4.79 Å². The number of rotatable bonds is 6. The van der Waals surface area contributed by atoms with Gasteiger partial charge in [0.2, 0.25) is 0 Å². The second-order valence-electron chi connectivity index (χ2n) is 8.14. The van der Waals surface area contributed by atoms with Gasteiger partial charge in [0.05, 0.1) is 11.2 Å². The molecule has 0 saturated carbocycles. The number of hydrogen-bond donors (Lipinski definition) is 0. The Balaban J connectivity index is 1.81. The zero-order valence-corrected chi connectivity index (χ0v) is 16.9. The van der Waals surface area contributed by atoms with Gasteiger partial charge in [-0.3, -0.25) is 4.79 Å². The van der Waals surface area contributed by atoms with Crippen molar-refractivity contribution >= 4 is 18.9 Å². The van der Waals surface area contributed by atoms with Gasteiger partial charge in [0.25, 0.3) is 0 Å². The molecule has 0 N–H and O–H groups in total. The molecule has 1 aromatic carbocycles. The van der Waals surface area contributed by atoms with Crippen LogP contribution in [0.25, 0.3) is 0 Å². The molecule has 2 heterocycles. The molecule has 0 bridgehead atoms. The summed E-state index contributed by atoms with van der Waals surface area (Å²) in [5.41, 5.74) is 0.964. The van der Waals surface area contributed by atoms with E-state index in [2.05, 4.69) is 0 Å². The van der Waals surface area contributed by atoms with Crippen molar-refractivity contribution in [3.63, 3.8) is 0 Å². The second-order valence-corrected chi connectivity index (χ2v) is 8.14. The van der Waals surface area contributed by atoms with Gasteiger partial charge in [0.1, 0.15) is 12.0 Å². The van der Waals surface area contributed by atoms with Crippen LogP contribution in [0, 0.1) is 6.92 Å². The molecule has 0 aromatic heterocycles. The number of aldehydes is 1. The summed E-state index contributed by atoms with van der Waals surface area (Å²) in [6.45, 7) is 10.6. The molecule has 0 amide bonds. The Morgan fingerprint density at radius 2 is 1.89 bits per heavy atom. The fourth-order valence-corrected chi connectivity index (χ4v) is 3.23. The second kappa shape index (κ2) is 7.91. The van der Waals surface area contributed by atoms with Crippen LogP contribution >= 0.6 is 0 Å². The highest BCUT2D eigenvalue weighted by Gasteiger charge is 2.53. The number of carbonyl (C=O) groups is 1. The van der Waals surface area contributed by atoms with E-state index >= 15 is 0 Å². The van der Waals surface area contributed by atoms with Crippen molar-refractivity contribution in [3.8, 4) is 5.75 Å². The minimum absolute atomic E-state index is 0.0402. The first kappa shape index (κ1) is 20.3. The first-order valence-electron chi connectivity index (χ1n) is 9.55. The van der Waals surface area contributed by atoms with E-state index in [0.717, 1.165) is 31.1 Å². The summed E-state index contributed by atoms with van der Waals surface area (Å²) in [4.78, 5) is 11.8. The summed E-state index contributed by atoms with van der Waals surface area (Å²) in [5, 5.41) is 0. The number of aryl methyl sites for hydroxylation is 1. The van der Waals surface area contributed by atoms with E-state index in [1.54, 1.807) is 0 Å². The van der Waals surface area contributed by atoms with Crippen LogP contribution < -0.4 is 10.2 Å². The van der Waals surface area contributed by atoms with Gasteiger partial charge in [-0.25, -0.2) is 0 Å². The standard InChI is InChI=1S/C20H29BO6/c1-14-9-10-16(24-13-25-17-8-6-7-11-23-17)18(15(14)12-22)21-26-19(2,3)20(4,5)27-21/h9-10,12,17H,6-8,11,13H2,1-5H3. The molecule has 2 aliphatic heterocycles. The van der Waals surface area contributed by atoms with Crippen molar-refractivity contribution in [3.05, 3.63) is 23.3 Å². The molecule has 27 heavy (non-hydrogen) atoms. The van der Waals surface area contributed by atoms with Crippen LogP contribution in [0.4, 0.5) is 0 Å². The number of carbonyl (C=O) groups excluding carboxylic acids is 1. The van der Waals surface area contributed by atoms with Gasteiger partial charge < -0.3 is 23.5 Å². The summed E-state index contributed by atoms with van der Waals surface area (Å²) < 4.78 is 29.4.